The Kier molecular flexibility index (Phi) is 5.55. The van der Waals surface area contributed by atoms with Gasteiger partial charge >= 0.3 is 0 Å². The van der Waals surface area contributed by atoms with Crippen LogP contribution in [0.15, 0.2) is 40.5 Å². The van der Waals surface area contributed by atoms with Crippen LogP contribution in [0, 0.1) is 0 Å². The molecule has 0 unspecified atom stereocenters. The van der Waals surface area contributed by atoms with Crippen molar-refractivity contribution < 1.29 is 4.79 Å². The van der Waals surface area contributed by atoms with Crippen molar-refractivity contribution in [1.29, 1.82) is 0 Å². The van der Waals surface area contributed by atoms with Crippen molar-refractivity contribution in [3.05, 3.63) is 51.9 Å². The highest BCUT2D eigenvalue weighted by Gasteiger charge is 2.15. The second-order valence-corrected chi connectivity index (χ2v) is 7.74. The van der Waals surface area contributed by atoms with Gasteiger partial charge in [0.25, 0.3) is 5.56 Å². The van der Waals surface area contributed by atoms with Crippen LogP contribution in [-0.2, 0) is 10.5 Å². The third kappa shape index (κ3) is 3.93. The predicted molar refractivity (Wildman–Crippen MR) is 105 cm³/mol. The van der Waals surface area contributed by atoms with Crippen molar-refractivity contribution in [3.8, 4) is 11.1 Å². The predicted octanol–water partition coefficient (Wildman–Crippen LogP) is 3.41. The number of carbonyl (C=O) groups excluding carboxylic acids is 1. The molecule has 0 fully saturated rings. The third-order valence-electron chi connectivity index (χ3n) is 3.77. The molecule has 0 spiro atoms. The van der Waals surface area contributed by atoms with E-state index >= 15 is 0 Å². The number of fused-ring (bicyclic) bond motifs is 1. The molecule has 1 amide bonds. The summed E-state index contributed by atoms with van der Waals surface area (Å²) >= 11 is 2.92. The molecule has 2 heterocycles. The fourth-order valence-electron chi connectivity index (χ4n) is 2.49. The SMILES string of the molecule is CCNC(=O)[C@H](C)SCc1nc2scc(-c3ccccc3)c2c(=O)[nH]1. The summed E-state index contributed by atoms with van der Waals surface area (Å²) in [4.78, 5) is 32.5. The molecular weight excluding hydrogens is 354 g/mol. The van der Waals surface area contributed by atoms with Crippen LogP contribution < -0.4 is 10.9 Å². The first kappa shape index (κ1) is 17.7. The fraction of sp³-hybridized carbons (Fsp3) is 0.278. The number of thioether (sulfide) groups is 1. The van der Waals surface area contributed by atoms with Gasteiger partial charge in [-0.05, 0) is 19.4 Å². The van der Waals surface area contributed by atoms with E-state index in [1.165, 1.54) is 23.1 Å². The number of rotatable bonds is 6. The van der Waals surface area contributed by atoms with Crippen LogP contribution in [0.2, 0.25) is 0 Å². The van der Waals surface area contributed by atoms with Crippen molar-refractivity contribution in [2.24, 2.45) is 0 Å². The molecule has 2 aromatic heterocycles. The van der Waals surface area contributed by atoms with Gasteiger partial charge in [0.1, 0.15) is 10.7 Å². The molecule has 3 aromatic rings. The van der Waals surface area contributed by atoms with Crippen molar-refractivity contribution in [1.82, 2.24) is 15.3 Å². The highest BCUT2D eigenvalue weighted by atomic mass is 32.2. The molecule has 0 saturated heterocycles. The Morgan fingerprint density at radius 3 is 2.84 bits per heavy atom. The lowest BCUT2D eigenvalue weighted by Crippen LogP contribution is -2.30. The van der Waals surface area contributed by atoms with Gasteiger partial charge in [0.15, 0.2) is 0 Å². The maximum Gasteiger partial charge on any atom is 0.260 e. The summed E-state index contributed by atoms with van der Waals surface area (Å²) < 4.78 is 0. The Labute approximate surface area is 153 Å². The summed E-state index contributed by atoms with van der Waals surface area (Å²) in [5, 5.41) is 5.20. The number of aromatic nitrogens is 2. The van der Waals surface area contributed by atoms with Crippen LogP contribution in [0.1, 0.15) is 19.7 Å². The number of benzene rings is 1. The van der Waals surface area contributed by atoms with Crippen molar-refractivity contribution in [3.63, 3.8) is 0 Å². The number of H-pyrrole nitrogens is 1. The van der Waals surface area contributed by atoms with E-state index in [0.29, 0.717) is 23.5 Å². The first-order chi connectivity index (χ1) is 12.1. The van der Waals surface area contributed by atoms with Gasteiger partial charge in [0, 0.05) is 17.5 Å². The van der Waals surface area contributed by atoms with Gasteiger partial charge < -0.3 is 10.3 Å². The first-order valence-electron chi connectivity index (χ1n) is 8.05. The lowest BCUT2D eigenvalue weighted by atomic mass is 10.1. The van der Waals surface area contributed by atoms with Crippen molar-refractivity contribution in [2.75, 3.05) is 6.54 Å². The average Bonchev–Trinajstić information content (AvgIpc) is 3.05. The summed E-state index contributed by atoms with van der Waals surface area (Å²) in [6.07, 6.45) is 0. The molecule has 0 bridgehead atoms. The van der Waals surface area contributed by atoms with Crippen LogP contribution >= 0.6 is 23.1 Å². The zero-order chi connectivity index (χ0) is 17.8. The van der Waals surface area contributed by atoms with Gasteiger partial charge in [-0.2, -0.15) is 0 Å². The molecule has 1 atom stereocenters. The number of thiophene rings is 1. The van der Waals surface area contributed by atoms with E-state index in [9.17, 15) is 9.59 Å². The fourth-order valence-corrected chi connectivity index (χ4v) is 4.24. The van der Waals surface area contributed by atoms with Crippen LogP contribution in [-0.4, -0.2) is 27.7 Å². The molecule has 5 nitrogen and oxygen atoms in total. The summed E-state index contributed by atoms with van der Waals surface area (Å²) in [5.74, 6) is 1.08. The number of amides is 1. The van der Waals surface area contributed by atoms with Crippen molar-refractivity contribution in [2.45, 2.75) is 24.9 Å². The molecule has 7 heteroatoms. The van der Waals surface area contributed by atoms with Gasteiger partial charge in [-0.1, -0.05) is 30.3 Å². The van der Waals surface area contributed by atoms with E-state index in [-0.39, 0.29) is 16.7 Å². The molecular formula is C18H19N3O2S2. The standard InChI is InChI=1S/C18H19N3O2S2/c1-3-19-16(22)11(2)24-10-14-20-17(23)15-13(9-25-18(15)21-14)12-7-5-4-6-8-12/h4-9,11H,3,10H2,1-2H3,(H,19,22)(H,20,21,23)/t11-/m0/s1. The second-order valence-electron chi connectivity index (χ2n) is 5.56. The number of carbonyl (C=O) groups is 1. The van der Waals surface area contributed by atoms with Gasteiger partial charge in [-0.15, -0.1) is 23.1 Å². The molecule has 0 radical (unpaired) electrons. The second kappa shape index (κ2) is 7.84. The Bertz CT molecular complexity index is 934. The van der Waals surface area contributed by atoms with E-state index in [1.807, 2.05) is 49.6 Å². The Morgan fingerprint density at radius 2 is 2.12 bits per heavy atom. The lowest BCUT2D eigenvalue weighted by molar-refractivity contribution is -0.120. The molecule has 0 aliphatic carbocycles. The number of nitrogens with zero attached hydrogens (tertiary/aromatic N) is 1. The minimum absolute atomic E-state index is 0.00147. The van der Waals surface area contributed by atoms with Crippen LogP contribution in [0.4, 0.5) is 0 Å². The third-order valence-corrected chi connectivity index (χ3v) is 5.79. The van der Waals surface area contributed by atoms with Crippen LogP contribution in [0.3, 0.4) is 0 Å². The molecule has 3 rings (SSSR count). The first-order valence-corrected chi connectivity index (χ1v) is 9.98. The zero-order valence-corrected chi connectivity index (χ0v) is 15.7. The number of hydrogen-bond donors (Lipinski definition) is 2. The minimum atomic E-state index is -0.191. The lowest BCUT2D eigenvalue weighted by Gasteiger charge is -2.10. The van der Waals surface area contributed by atoms with Crippen LogP contribution in [0.25, 0.3) is 21.3 Å². The number of aromatic amines is 1. The van der Waals surface area contributed by atoms with E-state index in [0.717, 1.165) is 16.0 Å². The highest BCUT2D eigenvalue weighted by molar-refractivity contribution is 7.99. The van der Waals surface area contributed by atoms with E-state index < -0.39 is 0 Å². The largest absolute Gasteiger partial charge is 0.355 e. The Balaban J connectivity index is 1.84. The molecule has 0 aliphatic rings. The molecule has 2 N–H and O–H groups in total. The van der Waals surface area contributed by atoms with Crippen molar-refractivity contribution >= 4 is 39.2 Å². The smallest absolute Gasteiger partial charge is 0.260 e. The van der Waals surface area contributed by atoms with Crippen LogP contribution in [0.5, 0.6) is 0 Å². The molecule has 0 aliphatic heterocycles. The van der Waals surface area contributed by atoms with Gasteiger partial charge in [-0.3, -0.25) is 9.59 Å². The highest BCUT2D eigenvalue weighted by Crippen LogP contribution is 2.30. The molecule has 25 heavy (non-hydrogen) atoms. The normalized spacial score (nSPS) is 12.2. The number of hydrogen-bond acceptors (Lipinski definition) is 5. The van der Waals surface area contributed by atoms with E-state index in [4.69, 9.17) is 0 Å². The minimum Gasteiger partial charge on any atom is -0.355 e. The van der Waals surface area contributed by atoms with E-state index in [1.54, 1.807) is 0 Å². The summed E-state index contributed by atoms with van der Waals surface area (Å²) in [6.45, 7) is 4.36. The van der Waals surface area contributed by atoms with Gasteiger partial charge in [0.05, 0.1) is 16.4 Å². The number of nitrogens with one attached hydrogen (secondary N) is 2. The van der Waals surface area contributed by atoms with Gasteiger partial charge in [-0.25, -0.2) is 4.98 Å². The van der Waals surface area contributed by atoms with E-state index in [2.05, 4.69) is 15.3 Å². The Morgan fingerprint density at radius 1 is 1.36 bits per heavy atom. The summed E-state index contributed by atoms with van der Waals surface area (Å²) in [6, 6.07) is 9.82. The quantitative estimate of drug-likeness (QED) is 0.694. The topological polar surface area (TPSA) is 74.8 Å². The Hall–Kier alpha value is -2.12. The maximum absolute atomic E-state index is 12.6. The molecule has 0 saturated carbocycles. The molecule has 130 valence electrons. The van der Waals surface area contributed by atoms with Gasteiger partial charge in [0.2, 0.25) is 5.91 Å². The maximum atomic E-state index is 12.6. The molecule has 1 aromatic carbocycles. The monoisotopic (exact) mass is 373 g/mol. The average molecular weight is 374 g/mol. The summed E-state index contributed by atoms with van der Waals surface area (Å²) in [7, 11) is 0. The summed E-state index contributed by atoms with van der Waals surface area (Å²) in [5.41, 5.74) is 1.78. The zero-order valence-electron chi connectivity index (χ0n) is 14.0.